The lowest BCUT2D eigenvalue weighted by atomic mass is 10.2. The van der Waals surface area contributed by atoms with Gasteiger partial charge in [0, 0.05) is 11.6 Å². The van der Waals surface area contributed by atoms with Gasteiger partial charge in [-0.15, -0.1) is 0 Å². The molecule has 0 saturated heterocycles. The predicted molar refractivity (Wildman–Crippen MR) is 52.1 cm³/mol. The molecule has 0 aromatic carbocycles. The van der Waals surface area contributed by atoms with Crippen molar-refractivity contribution >= 4 is 17.0 Å². The van der Waals surface area contributed by atoms with Crippen molar-refractivity contribution < 1.29 is 9.53 Å². The molecule has 0 aliphatic heterocycles. The number of aromatic amines is 1. The maximum absolute atomic E-state index is 11.3. The van der Waals surface area contributed by atoms with Gasteiger partial charge in [0.25, 0.3) is 0 Å². The van der Waals surface area contributed by atoms with Crippen molar-refractivity contribution in [1.29, 1.82) is 5.26 Å². The molecule has 1 N–H and O–H groups in total. The first-order valence-electron chi connectivity index (χ1n) is 4.23. The fourth-order valence-electron chi connectivity index (χ4n) is 1.39. The minimum atomic E-state index is -0.565. The summed E-state index contributed by atoms with van der Waals surface area (Å²) in [6.07, 6.45) is 1.58. The van der Waals surface area contributed by atoms with E-state index in [0.29, 0.717) is 11.0 Å². The summed E-state index contributed by atoms with van der Waals surface area (Å²) < 4.78 is 4.56. The van der Waals surface area contributed by atoms with E-state index in [4.69, 9.17) is 5.26 Å². The zero-order chi connectivity index (χ0) is 10.8. The van der Waals surface area contributed by atoms with Gasteiger partial charge in [0.1, 0.15) is 17.4 Å². The number of pyridine rings is 1. The molecule has 0 spiro atoms. The molecule has 0 aliphatic carbocycles. The second-order valence-electron chi connectivity index (χ2n) is 2.88. The minimum Gasteiger partial charge on any atom is -0.464 e. The van der Waals surface area contributed by atoms with Gasteiger partial charge in [0.05, 0.1) is 12.7 Å². The Bertz CT molecular complexity index is 566. The zero-order valence-corrected chi connectivity index (χ0v) is 7.94. The van der Waals surface area contributed by atoms with Crippen LogP contribution in [0.25, 0.3) is 11.0 Å². The van der Waals surface area contributed by atoms with E-state index in [9.17, 15) is 4.79 Å². The number of nitrogens with zero attached hydrogens (tertiary/aromatic N) is 2. The molecule has 0 saturated carbocycles. The van der Waals surface area contributed by atoms with Crippen LogP contribution in [0.3, 0.4) is 0 Å². The molecule has 0 amide bonds. The second-order valence-corrected chi connectivity index (χ2v) is 2.88. The first-order chi connectivity index (χ1) is 7.27. The summed E-state index contributed by atoms with van der Waals surface area (Å²) in [5.74, 6) is -0.565. The Morgan fingerprint density at radius 1 is 1.67 bits per heavy atom. The van der Waals surface area contributed by atoms with Crippen LogP contribution in [0.1, 0.15) is 16.1 Å². The third-order valence-electron chi connectivity index (χ3n) is 2.07. The number of hydrogen-bond acceptors (Lipinski definition) is 4. The number of esters is 1. The summed E-state index contributed by atoms with van der Waals surface area (Å²) in [6, 6.07) is 5.39. The molecule has 0 unspecified atom stereocenters. The van der Waals surface area contributed by atoms with Crippen LogP contribution in [-0.4, -0.2) is 23.0 Å². The van der Waals surface area contributed by atoms with Crippen LogP contribution in [-0.2, 0) is 4.74 Å². The number of methoxy groups -OCH3 is 1. The number of H-pyrrole nitrogens is 1. The molecule has 74 valence electrons. The van der Waals surface area contributed by atoms with E-state index in [0.717, 1.165) is 0 Å². The van der Waals surface area contributed by atoms with Gasteiger partial charge in [-0.2, -0.15) is 5.26 Å². The van der Waals surface area contributed by atoms with Crippen molar-refractivity contribution in [3.05, 3.63) is 29.6 Å². The maximum Gasteiger partial charge on any atom is 0.355 e. The number of hydrogen-bond donors (Lipinski definition) is 1. The van der Waals surface area contributed by atoms with E-state index in [-0.39, 0.29) is 11.3 Å². The van der Waals surface area contributed by atoms with Gasteiger partial charge in [0.2, 0.25) is 0 Å². The number of nitrogens with one attached hydrogen (secondary N) is 1. The molecule has 5 nitrogen and oxygen atoms in total. The van der Waals surface area contributed by atoms with E-state index in [1.165, 1.54) is 7.11 Å². The maximum atomic E-state index is 11.3. The molecule has 15 heavy (non-hydrogen) atoms. The standard InChI is InChI=1S/C10H7N3O2/c1-15-10(14)8-7(5-11)6-3-2-4-12-9(6)13-8/h2-4H,1H3,(H,12,13). The molecule has 0 fully saturated rings. The lowest BCUT2D eigenvalue weighted by molar-refractivity contribution is 0.0594. The van der Waals surface area contributed by atoms with E-state index in [1.54, 1.807) is 18.3 Å². The summed E-state index contributed by atoms with van der Waals surface area (Å²) in [4.78, 5) is 18.1. The van der Waals surface area contributed by atoms with Crippen LogP contribution in [0.2, 0.25) is 0 Å². The number of carbonyl (C=O) groups is 1. The highest BCUT2D eigenvalue weighted by molar-refractivity contribution is 5.98. The monoisotopic (exact) mass is 201 g/mol. The number of ether oxygens (including phenoxy) is 1. The van der Waals surface area contributed by atoms with Crippen LogP contribution < -0.4 is 0 Å². The molecule has 2 heterocycles. The highest BCUT2D eigenvalue weighted by Crippen LogP contribution is 2.20. The highest BCUT2D eigenvalue weighted by Gasteiger charge is 2.18. The highest BCUT2D eigenvalue weighted by atomic mass is 16.5. The third kappa shape index (κ3) is 1.32. The van der Waals surface area contributed by atoms with Gasteiger partial charge in [-0.3, -0.25) is 0 Å². The predicted octanol–water partition coefficient (Wildman–Crippen LogP) is 1.22. The van der Waals surface area contributed by atoms with Gasteiger partial charge in [-0.1, -0.05) is 0 Å². The average Bonchev–Trinajstić information content (AvgIpc) is 2.66. The summed E-state index contributed by atoms with van der Waals surface area (Å²) in [5, 5.41) is 9.57. The number of rotatable bonds is 1. The summed E-state index contributed by atoms with van der Waals surface area (Å²) >= 11 is 0. The van der Waals surface area contributed by atoms with Gasteiger partial charge in [0.15, 0.2) is 0 Å². The molecule has 5 heteroatoms. The molecule has 2 aromatic heterocycles. The summed E-state index contributed by atoms with van der Waals surface area (Å²) in [5.41, 5.74) is 0.924. The molecule has 0 bridgehead atoms. The number of fused-ring (bicyclic) bond motifs is 1. The quantitative estimate of drug-likeness (QED) is 0.703. The molecular formula is C10H7N3O2. The van der Waals surface area contributed by atoms with Crippen LogP contribution in [0.5, 0.6) is 0 Å². The van der Waals surface area contributed by atoms with Gasteiger partial charge < -0.3 is 9.72 Å². The van der Waals surface area contributed by atoms with E-state index in [1.807, 2.05) is 6.07 Å². The lowest BCUT2D eigenvalue weighted by Crippen LogP contribution is -2.03. The fraction of sp³-hybridized carbons (Fsp3) is 0.100. The molecule has 2 rings (SSSR count). The Labute approximate surface area is 85.3 Å². The Hall–Kier alpha value is -2.35. The number of nitriles is 1. The fourth-order valence-corrected chi connectivity index (χ4v) is 1.39. The van der Waals surface area contributed by atoms with E-state index in [2.05, 4.69) is 14.7 Å². The summed E-state index contributed by atoms with van der Waals surface area (Å²) in [7, 11) is 1.27. The van der Waals surface area contributed by atoms with Crippen molar-refractivity contribution in [3.63, 3.8) is 0 Å². The van der Waals surface area contributed by atoms with Gasteiger partial charge >= 0.3 is 5.97 Å². The molecule has 0 radical (unpaired) electrons. The largest absolute Gasteiger partial charge is 0.464 e. The average molecular weight is 201 g/mol. The van der Waals surface area contributed by atoms with Crippen molar-refractivity contribution in [1.82, 2.24) is 9.97 Å². The SMILES string of the molecule is COC(=O)c1[nH]c2ncccc2c1C#N. The van der Waals surface area contributed by atoms with Crippen LogP contribution in [0, 0.1) is 11.3 Å². The second kappa shape index (κ2) is 3.42. The lowest BCUT2D eigenvalue weighted by Gasteiger charge is -1.94. The van der Waals surface area contributed by atoms with E-state index < -0.39 is 5.97 Å². The normalized spacial score (nSPS) is 9.87. The van der Waals surface area contributed by atoms with Crippen molar-refractivity contribution in [2.24, 2.45) is 0 Å². The topological polar surface area (TPSA) is 78.8 Å². The molecule has 0 aliphatic rings. The van der Waals surface area contributed by atoms with Crippen molar-refractivity contribution in [2.45, 2.75) is 0 Å². The number of aromatic nitrogens is 2. The summed E-state index contributed by atoms with van der Waals surface area (Å²) in [6.45, 7) is 0. The Morgan fingerprint density at radius 3 is 3.13 bits per heavy atom. The first kappa shape index (κ1) is 9.21. The minimum absolute atomic E-state index is 0.147. The molecule has 0 atom stereocenters. The molecule has 2 aromatic rings. The molecular weight excluding hydrogens is 194 g/mol. The van der Waals surface area contributed by atoms with Crippen LogP contribution in [0.4, 0.5) is 0 Å². The Kier molecular flexibility index (Phi) is 2.10. The first-order valence-corrected chi connectivity index (χ1v) is 4.23. The zero-order valence-electron chi connectivity index (χ0n) is 7.94. The number of carbonyl (C=O) groups excluding carboxylic acids is 1. The van der Waals surface area contributed by atoms with Gasteiger partial charge in [-0.05, 0) is 12.1 Å². The Balaban J connectivity index is 2.76. The van der Waals surface area contributed by atoms with Crippen LogP contribution >= 0.6 is 0 Å². The van der Waals surface area contributed by atoms with Crippen LogP contribution in [0.15, 0.2) is 18.3 Å². The van der Waals surface area contributed by atoms with E-state index >= 15 is 0 Å². The smallest absolute Gasteiger partial charge is 0.355 e. The third-order valence-corrected chi connectivity index (χ3v) is 2.07. The van der Waals surface area contributed by atoms with Crippen molar-refractivity contribution in [3.8, 4) is 6.07 Å². The van der Waals surface area contributed by atoms with Gasteiger partial charge in [-0.25, -0.2) is 9.78 Å². The Morgan fingerprint density at radius 2 is 2.47 bits per heavy atom. The van der Waals surface area contributed by atoms with Crippen molar-refractivity contribution in [2.75, 3.05) is 7.11 Å².